The Kier molecular flexibility index (Phi) is 3.98. The third kappa shape index (κ3) is 3.37. The van der Waals surface area contributed by atoms with Gasteiger partial charge in [-0.15, -0.1) is 11.3 Å². The lowest BCUT2D eigenvalue weighted by Crippen LogP contribution is -1.98. The molecule has 0 fully saturated rings. The molecule has 0 aliphatic carbocycles. The predicted octanol–water partition coefficient (Wildman–Crippen LogP) is 2.17. The summed E-state index contributed by atoms with van der Waals surface area (Å²) in [6.07, 6.45) is 5.68. The highest BCUT2D eigenvalue weighted by Crippen LogP contribution is 1.93. The second-order valence-electron chi connectivity index (χ2n) is 2.46. The molecule has 0 unspecified atom stereocenters. The monoisotopic (exact) mass is 170 g/mol. The summed E-state index contributed by atoms with van der Waals surface area (Å²) >= 11 is 1.66. The zero-order valence-corrected chi connectivity index (χ0v) is 7.66. The van der Waals surface area contributed by atoms with Crippen molar-refractivity contribution in [3.63, 3.8) is 0 Å². The second kappa shape index (κ2) is 5.13. The quantitative estimate of drug-likeness (QED) is 0.671. The largest absolute Gasteiger partial charge is 0.338 e. The molecule has 0 atom stereocenters. The van der Waals surface area contributed by atoms with Crippen LogP contribution in [0.5, 0.6) is 0 Å². The molecule has 0 spiro atoms. The molecule has 0 bridgehead atoms. The number of rotatable bonds is 4. The fourth-order valence-electron chi connectivity index (χ4n) is 0.863. The highest BCUT2D eigenvalue weighted by molar-refractivity contribution is 7.07. The summed E-state index contributed by atoms with van der Waals surface area (Å²) in [7, 11) is 0. The van der Waals surface area contributed by atoms with Crippen molar-refractivity contribution in [2.75, 3.05) is 6.54 Å². The van der Waals surface area contributed by atoms with Crippen molar-refractivity contribution in [3.05, 3.63) is 16.4 Å². The van der Waals surface area contributed by atoms with Crippen LogP contribution in [0.3, 0.4) is 0 Å². The molecule has 1 aromatic heterocycles. The average Bonchev–Trinajstić information content (AvgIpc) is 2.50. The van der Waals surface area contributed by atoms with Gasteiger partial charge in [0, 0.05) is 18.1 Å². The number of aromatic nitrogens is 1. The van der Waals surface area contributed by atoms with E-state index in [4.69, 9.17) is 0 Å². The van der Waals surface area contributed by atoms with E-state index in [1.807, 2.05) is 11.6 Å². The Morgan fingerprint density at radius 3 is 3.09 bits per heavy atom. The van der Waals surface area contributed by atoms with Crippen LogP contribution in [-0.4, -0.2) is 11.5 Å². The number of H-pyrrole nitrogens is 1. The lowest BCUT2D eigenvalue weighted by atomic mass is 10.2. The number of aromatic amines is 1. The van der Waals surface area contributed by atoms with Gasteiger partial charge in [-0.1, -0.05) is 19.8 Å². The Morgan fingerprint density at radius 2 is 2.45 bits per heavy atom. The molecule has 1 N–H and O–H groups in total. The van der Waals surface area contributed by atoms with E-state index in [-0.39, 0.29) is 0 Å². The molecule has 0 aliphatic heterocycles. The van der Waals surface area contributed by atoms with Gasteiger partial charge >= 0.3 is 0 Å². The summed E-state index contributed by atoms with van der Waals surface area (Å²) in [5, 5.41) is 2.01. The molecule has 0 aromatic carbocycles. The van der Waals surface area contributed by atoms with Crippen molar-refractivity contribution in [3.8, 4) is 0 Å². The van der Waals surface area contributed by atoms with Gasteiger partial charge in [-0.05, 0) is 6.42 Å². The third-order valence-electron chi connectivity index (χ3n) is 1.47. The Bertz CT molecular complexity index is 219. The lowest BCUT2D eigenvalue weighted by Gasteiger charge is -1.89. The number of unbranched alkanes of at least 4 members (excludes halogenated alkanes) is 2. The van der Waals surface area contributed by atoms with Crippen LogP contribution in [0, 0.1) is 0 Å². The number of nitrogens with one attached hydrogen (secondary N) is 1. The molecule has 2 nitrogen and oxygen atoms in total. The molecule has 0 radical (unpaired) electrons. The first-order valence-corrected chi connectivity index (χ1v) is 4.94. The Balaban J connectivity index is 2.26. The minimum Gasteiger partial charge on any atom is -0.338 e. The molecule has 1 rings (SSSR count). The minimum absolute atomic E-state index is 0.963. The molecule has 0 aliphatic rings. The maximum Gasteiger partial charge on any atom is 0.181 e. The number of hydrogen-bond donors (Lipinski definition) is 1. The summed E-state index contributed by atoms with van der Waals surface area (Å²) in [4.78, 5) is 8.48. The summed E-state index contributed by atoms with van der Waals surface area (Å²) in [6.45, 7) is 3.17. The zero-order chi connectivity index (χ0) is 7.94. The van der Waals surface area contributed by atoms with E-state index in [0.717, 1.165) is 11.3 Å². The fourth-order valence-corrected chi connectivity index (χ4v) is 1.43. The van der Waals surface area contributed by atoms with Crippen molar-refractivity contribution in [1.82, 2.24) is 4.98 Å². The number of nitrogens with zero attached hydrogens (tertiary/aromatic N) is 1. The van der Waals surface area contributed by atoms with Crippen LogP contribution in [-0.2, 0) is 0 Å². The summed E-state index contributed by atoms with van der Waals surface area (Å²) < 4.78 is 0. The molecule has 0 saturated carbocycles. The van der Waals surface area contributed by atoms with Gasteiger partial charge in [0.1, 0.15) is 0 Å². The summed E-state index contributed by atoms with van der Waals surface area (Å²) in [5.74, 6) is 0. The molecule has 1 aromatic rings. The van der Waals surface area contributed by atoms with Gasteiger partial charge in [0.05, 0.1) is 0 Å². The van der Waals surface area contributed by atoms with E-state index in [0.29, 0.717) is 0 Å². The Hall–Kier alpha value is -0.570. The van der Waals surface area contributed by atoms with Crippen LogP contribution in [0.25, 0.3) is 0 Å². The number of hydrogen-bond acceptors (Lipinski definition) is 2. The topological polar surface area (TPSA) is 28.1 Å². The smallest absolute Gasteiger partial charge is 0.181 e. The molecule has 11 heavy (non-hydrogen) atoms. The highest BCUT2D eigenvalue weighted by Gasteiger charge is 1.83. The molecule has 0 saturated heterocycles. The normalized spacial score (nSPS) is 12.3. The second-order valence-corrected chi connectivity index (χ2v) is 3.35. The highest BCUT2D eigenvalue weighted by atomic mass is 32.1. The minimum atomic E-state index is 0.963. The first-order valence-electron chi connectivity index (χ1n) is 4.06. The van der Waals surface area contributed by atoms with Gasteiger partial charge in [0.15, 0.2) is 4.80 Å². The van der Waals surface area contributed by atoms with E-state index in [1.54, 1.807) is 11.3 Å². The number of thiazole rings is 1. The van der Waals surface area contributed by atoms with E-state index < -0.39 is 0 Å². The molecule has 0 amide bonds. The summed E-state index contributed by atoms with van der Waals surface area (Å²) in [5.41, 5.74) is 0. The maximum atomic E-state index is 4.37. The van der Waals surface area contributed by atoms with Gasteiger partial charge in [0.2, 0.25) is 0 Å². The van der Waals surface area contributed by atoms with E-state index >= 15 is 0 Å². The first kappa shape index (κ1) is 8.53. The van der Waals surface area contributed by atoms with Crippen molar-refractivity contribution in [2.45, 2.75) is 26.2 Å². The third-order valence-corrected chi connectivity index (χ3v) is 2.21. The van der Waals surface area contributed by atoms with Crippen molar-refractivity contribution >= 4 is 11.3 Å². The van der Waals surface area contributed by atoms with Crippen molar-refractivity contribution < 1.29 is 0 Å². The van der Waals surface area contributed by atoms with Crippen LogP contribution in [0.15, 0.2) is 16.6 Å². The van der Waals surface area contributed by atoms with Crippen LogP contribution in [0.4, 0.5) is 0 Å². The molecular weight excluding hydrogens is 156 g/mol. The standard InChI is InChI=1S/C8H14N2S/c1-2-3-4-5-9-8-10-6-7-11-8/h6-7H,2-5H2,1H3,(H,9,10). The van der Waals surface area contributed by atoms with Crippen LogP contribution in [0.2, 0.25) is 0 Å². The van der Waals surface area contributed by atoms with E-state index in [9.17, 15) is 0 Å². The van der Waals surface area contributed by atoms with Gasteiger partial charge in [0.25, 0.3) is 0 Å². The van der Waals surface area contributed by atoms with Gasteiger partial charge in [-0.2, -0.15) is 0 Å². The fraction of sp³-hybridized carbons (Fsp3) is 0.625. The van der Waals surface area contributed by atoms with E-state index in [1.165, 1.54) is 19.3 Å². The SMILES string of the molecule is CCCCC/N=c1/[nH]ccs1. The van der Waals surface area contributed by atoms with Gasteiger partial charge in [-0.3, -0.25) is 4.99 Å². The average molecular weight is 170 g/mol. The van der Waals surface area contributed by atoms with Crippen molar-refractivity contribution in [2.24, 2.45) is 4.99 Å². The van der Waals surface area contributed by atoms with Crippen molar-refractivity contribution in [1.29, 1.82) is 0 Å². The molecule has 1 heterocycles. The van der Waals surface area contributed by atoms with Gasteiger partial charge < -0.3 is 4.98 Å². The lowest BCUT2D eigenvalue weighted by molar-refractivity contribution is 0.720. The van der Waals surface area contributed by atoms with E-state index in [2.05, 4.69) is 16.9 Å². The van der Waals surface area contributed by atoms with Crippen LogP contribution < -0.4 is 4.80 Å². The van der Waals surface area contributed by atoms with Crippen LogP contribution in [0.1, 0.15) is 26.2 Å². The Labute approximate surface area is 71.0 Å². The summed E-state index contributed by atoms with van der Waals surface area (Å²) in [6, 6.07) is 0. The zero-order valence-electron chi connectivity index (χ0n) is 6.84. The molecular formula is C8H14N2S. The van der Waals surface area contributed by atoms with Crippen LogP contribution >= 0.6 is 11.3 Å². The molecule has 62 valence electrons. The first-order chi connectivity index (χ1) is 5.43. The van der Waals surface area contributed by atoms with Gasteiger partial charge in [-0.25, -0.2) is 0 Å². The maximum absolute atomic E-state index is 4.37. The predicted molar refractivity (Wildman–Crippen MR) is 48.6 cm³/mol. The Morgan fingerprint density at radius 1 is 1.55 bits per heavy atom. The molecule has 3 heteroatoms.